The van der Waals surface area contributed by atoms with E-state index in [1.54, 1.807) is 24.1 Å². The third kappa shape index (κ3) is 3.04. The SMILES string of the molecule is CSc1ccc(Cl)c(C(=O)N[C@H]2CCN(C)C2=O)c1. The molecule has 0 radical (unpaired) electrons. The van der Waals surface area contributed by atoms with E-state index in [1.165, 1.54) is 11.8 Å². The summed E-state index contributed by atoms with van der Waals surface area (Å²) in [6.07, 6.45) is 2.57. The topological polar surface area (TPSA) is 49.4 Å². The van der Waals surface area contributed by atoms with E-state index in [9.17, 15) is 9.59 Å². The van der Waals surface area contributed by atoms with Crippen molar-refractivity contribution in [2.75, 3.05) is 19.8 Å². The molecule has 6 heteroatoms. The molecule has 0 bridgehead atoms. The third-order valence-corrected chi connectivity index (χ3v) is 4.21. The number of likely N-dealkylation sites (N-methyl/N-ethyl adjacent to an activating group) is 1. The standard InChI is InChI=1S/C13H15ClN2O2S/c1-16-6-5-11(13(16)18)15-12(17)9-7-8(19-2)3-4-10(9)14/h3-4,7,11H,5-6H2,1-2H3,(H,15,17)/t11-/m0/s1. The summed E-state index contributed by atoms with van der Waals surface area (Å²) >= 11 is 7.57. The maximum atomic E-state index is 12.2. The lowest BCUT2D eigenvalue weighted by molar-refractivity contribution is -0.128. The van der Waals surface area contributed by atoms with Gasteiger partial charge < -0.3 is 10.2 Å². The van der Waals surface area contributed by atoms with Gasteiger partial charge >= 0.3 is 0 Å². The quantitative estimate of drug-likeness (QED) is 0.869. The molecule has 1 aliphatic rings. The number of rotatable bonds is 3. The van der Waals surface area contributed by atoms with Gasteiger partial charge in [-0.1, -0.05) is 11.6 Å². The molecule has 2 rings (SSSR count). The predicted molar refractivity (Wildman–Crippen MR) is 76.7 cm³/mol. The normalized spacial score (nSPS) is 18.8. The molecule has 1 fully saturated rings. The summed E-state index contributed by atoms with van der Waals surface area (Å²) in [5.41, 5.74) is 0.413. The van der Waals surface area contributed by atoms with Crippen LogP contribution in [0.25, 0.3) is 0 Å². The van der Waals surface area contributed by atoms with Crippen LogP contribution in [0.4, 0.5) is 0 Å². The van der Waals surface area contributed by atoms with Crippen LogP contribution in [0, 0.1) is 0 Å². The summed E-state index contributed by atoms with van der Waals surface area (Å²) in [5, 5.41) is 3.14. The van der Waals surface area contributed by atoms with Crippen molar-refractivity contribution in [3.05, 3.63) is 28.8 Å². The molecule has 1 aromatic rings. The van der Waals surface area contributed by atoms with Gasteiger partial charge in [-0.2, -0.15) is 0 Å². The Morgan fingerprint density at radius 3 is 2.84 bits per heavy atom. The van der Waals surface area contributed by atoms with Crippen molar-refractivity contribution in [1.29, 1.82) is 0 Å². The van der Waals surface area contributed by atoms with Crippen LogP contribution in [0.5, 0.6) is 0 Å². The second-order valence-electron chi connectivity index (χ2n) is 4.42. The van der Waals surface area contributed by atoms with Gasteiger partial charge in [0.25, 0.3) is 5.91 Å². The van der Waals surface area contributed by atoms with Crippen LogP contribution in [0.15, 0.2) is 23.1 Å². The van der Waals surface area contributed by atoms with E-state index in [2.05, 4.69) is 5.32 Å². The summed E-state index contributed by atoms with van der Waals surface area (Å²) < 4.78 is 0. The number of thioether (sulfide) groups is 1. The lowest BCUT2D eigenvalue weighted by atomic mass is 10.2. The van der Waals surface area contributed by atoms with E-state index in [0.29, 0.717) is 23.6 Å². The number of likely N-dealkylation sites (tertiary alicyclic amines) is 1. The van der Waals surface area contributed by atoms with Crippen molar-refractivity contribution in [2.45, 2.75) is 17.4 Å². The van der Waals surface area contributed by atoms with Crippen molar-refractivity contribution in [2.24, 2.45) is 0 Å². The van der Waals surface area contributed by atoms with Crippen LogP contribution in [0.3, 0.4) is 0 Å². The second kappa shape index (κ2) is 5.84. The Hall–Kier alpha value is -1.20. The van der Waals surface area contributed by atoms with Gasteiger partial charge in [0.1, 0.15) is 6.04 Å². The Morgan fingerprint density at radius 1 is 1.53 bits per heavy atom. The first kappa shape index (κ1) is 14.2. The van der Waals surface area contributed by atoms with Gasteiger partial charge in [0, 0.05) is 18.5 Å². The molecule has 4 nitrogen and oxygen atoms in total. The maximum absolute atomic E-state index is 12.2. The highest BCUT2D eigenvalue weighted by molar-refractivity contribution is 7.98. The van der Waals surface area contributed by atoms with Gasteiger partial charge in [-0.05, 0) is 30.9 Å². The highest BCUT2D eigenvalue weighted by Crippen LogP contribution is 2.23. The molecular weight excluding hydrogens is 284 g/mol. The van der Waals surface area contributed by atoms with Crippen LogP contribution in [-0.2, 0) is 4.79 Å². The third-order valence-electron chi connectivity index (χ3n) is 3.15. The van der Waals surface area contributed by atoms with E-state index in [0.717, 1.165) is 4.90 Å². The van der Waals surface area contributed by atoms with Crippen LogP contribution in [-0.4, -0.2) is 42.6 Å². The summed E-state index contributed by atoms with van der Waals surface area (Å²) in [7, 11) is 1.73. The molecule has 0 unspecified atom stereocenters. The zero-order valence-electron chi connectivity index (χ0n) is 10.8. The molecule has 1 heterocycles. The minimum Gasteiger partial charge on any atom is -0.344 e. The van der Waals surface area contributed by atoms with Gasteiger partial charge in [-0.3, -0.25) is 9.59 Å². The van der Waals surface area contributed by atoms with Gasteiger partial charge in [-0.15, -0.1) is 11.8 Å². The fourth-order valence-electron chi connectivity index (χ4n) is 2.00. The summed E-state index contributed by atoms with van der Waals surface area (Å²) in [5.74, 6) is -0.347. The van der Waals surface area contributed by atoms with Gasteiger partial charge in [-0.25, -0.2) is 0 Å². The number of carbonyl (C=O) groups is 2. The van der Waals surface area contributed by atoms with Crippen molar-refractivity contribution < 1.29 is 9.59 Å². The highest BCUT2D eigenvalue weighted by atomic mass is 35.5. The lowest BCUT2D eigenvalue weighted by Gasteiger charge is -2.13. The fraction of sp³-hybridized carbons (Fsp3) is 0.385. The Labute approximate surface area is 121 Å². The largest absolute Gasteiger partial charge is 0.344 e. The van der Waals surface area contributed by atoms with Crippen molar-refractivity contribution in [1.82, 2.24) is 10.2 Å². The van der Waals surface area contributed by atoms with E-state index in [1.807, 2.05) is 12.3 Å². The molecule has 1 N–H and O–H groups in total. The number of nitrogens with one attached hydrogen (secondary N) is 1. The molecule has 2 amide bonds. The molecule has 1 atom stereocenters. The Bertz CT molecular complexity index is 521. The number of amides is 2. The molecule has 0 aliphatic carbocycles. The molecule has 1 aromatic carbocycles. The smallest absolute Gasteiger partial charge is 0.253 e. The Morgan fingerprint density at radius 2 is 2.26 bits per heavy atom. The lowest BCUT2D eigenvalue weighted by Crippen LogP contribution is -2.40. The number of carbonyl (C=O) groups excluding carboxylic acids is 2. The molecule has 1 aliphatic heterocycles. The average molecular weight is 299 g/mol. The monoisotopic (exact) mass is 298 g/mol. The predicted octanol–water partition coefficient (Wildman–Crippen LogP) is 2.02. The first-order valence-electron chi connectivity index (χ1n) is 5.92. The van der Waals surface area contributed by atoms with Gasteiger partial charge in [0.2, 0.25) is 5.91 Å². The van der Waals surface area contributed by atoms with Crippen molar-refractivity contribution >= 4 is 35.2 Å². The van der Waals surface area contributed by atoms with Crippen LogP contribution < -0.4 is 5.32 Å². The number of hydrogen-bond acceptors (Lipinski definition) is 3. The summed E-state index contributed by atoms with van der Waals surface area (Å²) in [4.78, 5) is 26.5. The van der Waals surface area contributed by atoms with Crippen LogP contribution in [0.2, 0.25) is 5.02 Å². The number of benzene rings is 1. The van der Waals surface area contributed by atoms with E-state index >= 15 is 0 Å². The van der Waals surface area contributed by atoms with Crippen LogP contribution in [0.1, 0.15) is 16.8 Å². The molecular formula is C13H15ClN2O2S. The van der Waals surface area contributed by atoms with Gasteiger partial charge in [0.15, 0.2) is 0 Å². The molecule has 19 heavy (non-hydrogen) atoms. The minimum atomic E-state index is -0.438. The average Bonchev–Trinajstić information content (AvgIpc) is 2.71. The maximum Gasteiger partial charge on any atom is 0.253 e. The summed E-state index contributed by atoms with van der Waals surface area (Å²) in [6, 6.07) is 4.86. The molecule has 1 saturated heterocycles. The number of hydrogen-bond donors (Lipinski definition) is 1. The molecule has 0 saturated carbocycles. The fourth-order valence-corrected chi connectivity index (χ4v) is 2.64. The summed E-state index contributed by atoms with van der Waals surface area (Å²) in [6.45, 7) is 0.669. The van der Waals surface area contributed by atoms with E-state index in [-0.39, 0.29) is 11.8 Å². The Balaban J connectivity index is 2.14. The molecule has 102 valence electrons. The van der Waals surface area contributed by atoms with E-state index < -0.39 is 6.04 Å². The van der Waals surface area contributed by atoms with Gasteiger partial charge in [0.05, 0.1) is 10.6 Å². The Kier molecular flexibility index (Phi) is 4.37. The van der Waals surface area contributed by atoms with Crippen LogP contribution >= 0.6 is 23.4 Å². The first-order chi connectivity index (χ1) is 9.02. The zero-order chi connectivity index (χ0) is 14.0. The highest BCUT2D eigenvalue weighted by Gasteiger charge is 2.30. The number of halogens is 1. The molecule has 0 aromatic heterocycles. The number of nitrogens with zero attached hydrogens (tertiary/aromatic N) is 1. The van der Waals surface area contributed by atoms with E-state index in [4.69, 9.17) is 11.6 Å². The molecule has 0 spiro atoms. The minimum absolute atomic E-state index is 0.0505. The zero-order valence-corrected chi connectivity index (χ0v) is 12.3. The van der Waals surface area contributed by atoms with Crippen molar-refractivity contribution in [3.63, 3.8) is 0 Å². The second-order valence-corrected chi connectivity index (χ2v) is 5.71. The first-order valence-corrected chi connectivity index (χ1v) is 7.52. The van der Waals surface area contributed by atoms with Crippen molar-refractivity contribution in [3.8, 4) is 0 Å².